The molecule has 0 aromatic heterocycles. The second-order valence-corrected chi connectivity index (χ2v) is 4.78. The molecule has 1 aromatic carbocycles. The number of β-amino-alcohol motifs (C(OH)–C–C–N with tert-alkyl or cyclic N) is 1. The number of benzene rings is 1. The van der Waals surface area contributed by atoms with Crippen LogP contribution in [-0.2, 0) is 11.2 Å². The van der Waals surface area contributed by atoms with Crippen LogP contribution in [0.15, 0.2) is 30.3 Å². The van der Waals surface area contributed by atoms with Crippen molar-refractivity contribution >= 4 is 5.91 Å². The highest BCUT2D eigenvalue weighted by molar-refractivity contribution is 5.82. The van der Waals surface area contributed by atoms with E-state index in [1.807, 2.05) is 30.3 Å². The van der Waals surface area contributed by atoms with Crippen molar-refractivity contribution in [1.82, 2.24) is 4.90 Å². The van der Waals surface area contributed by atoms with Crippen LogP contribution >= 0.6 is 0 Å². The highest BCUT2D eigenvalue weighted by Crippen LogP contribution is 2.21. The zero-order valence-corrected chi connectivity index (χ0v) is 9.99. The van der Waals surface area contributed by atoms with Crippen LogP contribution in [-0.4, -0.2) is 57.5 Å². The lowest BCUT2D eigenvalue weighted by atomic mass is 9.94. The molecule has 1 fully saturated rings. The van der Waals surface area contributed by atoms with Crippen molar-refractivity contribution in [1.29, 1.82) is 0 Å². The summed E-state index contributed by atoms with van der Waals surface area (Å²) in [4.78, 5) is 13.2. The molecule has 3 N–H and O–H groups in total. The summed E-state index contributed by atoms with van der Waals surface area (Å²) in [6, 6.07) is 9.25. The van der Waals surface area contributed by atoms with Gasteiger partial charge in [-0.25, -0.2) is 0 Å². The Balaban J connectivity index is 1.87. The number of aliphatic hydroxyl groups excluding tert-OH is 2. The average molecular weight is 251 g/mol. The minimum atomic E-state index is -1.19. The van der Waals surface area contributed by atoms with Gasteiger partial charge in [0.05, 0.1) is 19.7 Å². The van der Waals surface area contributed by atoms with Gasteiger partial charge in [0, 0.05) is 6.42 Å². The number of rotatable bonds is 4. The summed E-state index contributed by atoms with van der Waals surface area (Å²) in [6.45, 7) is -0.214. The highest BCUT2D eigenvalue weighted by Gasteiger charge is 2.44. The summed E-state index contributed by atoms with van der Waals surface area (Å²) in [5, 5.41) is 28.3. The molecule has 1 atom stereocenters. The van der Waals surface area contributed by atoms with Gasteiger partial charge < -0.3 is 20.2 Å². The van der Waals surface area contributed by atoms with Crippen LogP contribution in [0, 0.1) is 0 Å². The van der Waals surface area contributed by atoms with Crippen molar-refractivity contribution in [2.75, 3.05) is 19.7 Å². The summed E-state index contributed by atoms with van der Waals surface area (Å²) in [5.74, 6) is -0.406. The Kier molecular flexibility index (Phi) is 3.65. The van der Waals surface area contributed by atoms with Crippen molar-refractivity contribution in [3.05, 3.63) is 35.9 Å². The SMILES string of the molecule is O=C(C(O)Cc1ccccc1)N1CC(O)(CO)C1. The molecule has 1 saturated heterocycles. The van der Waals surface area contributed by atoms with Crippen LogP contribution in [0.4, 0.5) is 0 Å². The fraction of sp³-hybridized carbons (Fsp3) is 0.462. The minimum absolute atomic E-state index is 0.0776. The monoisotopic (exact) mass is 251 g/mol. The van der Waals surface area contributed by atoms with E-state index in [1.165, 1.54) is 4.90 Å². The van der Waals surface area contributed by atoms with E-state index in [2.05, 4.69) is 0 Å². The van der Waals surface area contributed by atoms with E-state index in [0.717, 1.165) is 5.56 Å². The predicted molar refractivity (Wildman–Crippen MR) is 64.8 cm³/mol. The van der Waals surface area contributed by atoms with Crippen LogP contribution in [0.25, 0.3) is 0 Å². The number of nitrogens with zero attached hydrogens (tertiary/aromatic N) is 1. The normalized spacial score (nSPS) is 19.2. The molecule has 0 saturated carbocycles. The van der Waals surface area contributed by atoms with Gasteiger partial charge in [-0.05, 0) is 5.56 Å². The van der Waals surface area contributed by atoms with Crippen LogP contribution in [0.2, 0.25) is 0 Å². The van der Waals surface area contributed by atoms with Crippen LogP contribution in [0.3, 0.4) is 0 Å². The first kappa shape index (κ1) is 13.0. The lowest BCUT2D eigenvalue weighted by Gasteiger charge is -2.45. The van der Waals surface area contributed by atoms with E-state index in [9.17, 15) is 15.0 Å². The van der Waals surface area contributed by atoms with Gasteiger partial charge in [0.2, 0.25) is 0 Å². The third kappa shape index (κ3) is 2.69. The number of amides is 1. The maximum atomic E-state index is 11.8. The van der Waals surface area contributed by atoms with Gasteiger partial charge in [-0.15, -0.1) is 0 Å². The number of aliphatic hydroxyl groups is 3. The van der Waals surface area contributed by atoms with Gasteiger partial charge in [-0.3, -0.25) is 4.79 Å². The Labute approximate surface area is 105 Å². The molecule has 18 heavy (non-hydrogen) atoms. The number of hydrogen-bond donors (Lipinski definition) is 3. The maximum absolute atomic E-state index is 11.8. The number of carbonyl (C=O) groups is 1. The first-order chi connectivity index (χ1) is 8.54. The topological polar surface area (TPSA) is 81.0 Å². The molecule has 5 heteroatoms. The predicted octanol–water partition coefficient (Wildman–Crippen LogP) is -0.844. The van der Waals surface area contributed by atoms with Crippen molar-refractivity contribution in [2.45, 2.75) is 18.1 Å². The Hall–Kier alpha value is -1.43. The van der Waals surface area contributed by atoms with Gasteiger partial charge in [0.1, 0.15) is 11.7 Å². The summed E-state index contributed by atoms with van der Waals surface area (Å²) in [7, 11) is 0. The van der Waals surface area contributed by atoms with E-state index in [4.69, 9.17) is 5.11 Å². The van der Waals surface area contributed by atoms with E-state index < -0.39 is 17.6 Å². The molecule has 1 unspecified atom stereocenters. The van der Waals surface area contributed by atoms with E-state index in [-0.39, 0.29) is 26.1 Å². The van der Waals surface area contributed by atoms with E-state index in [0.29, 0.717) is 0 Å². The van der Waals surface area contributed by atoms with Gasteiger partial charge >= 0.3 is 0 Å². The zero-order valence-electron chi connectivity index (χ0n) is 9.99. The molecule has 1 heterocycles. The Morgan fingerprint density at radius 1 is 1.33 bits per heavy atom. The first-order valence-electron chi connectivity index (χ1n) is 5.88. The molecule has 2 rings (SSSR count). The van der Waals surface area contributed by atoms with Crippen LogP contribution < -0.4 is 0 Å². The molecule has 1 aliphatic rings. The molecule has 98 valence electrons. The molecule has 1 aromatic rings. The molecule has 0 aliphatic carbocycles. The van der Waals surface area contributed by atoms with Crippen LogP contribution in [0.5, 0.6) is 0 Å². The molecular weight excluding hydrogens is 234 g/mol. The van der Waals surface area contributed by atoms with Gasteiger partial charge in [-0.2, -0.15) is 0 Å². The van der Waals surface area contributed by atoms with Crippen LogP contribution in [0.1, 0.15) is 5.56 Å². The standard InChI is InChI=1S/C13H17NO4/c15-9-13(18)7-14(8-13)12(17)11(16)6-10-4-2-1-3-5-10/h1-5,11,15-16,18H,6-9H2. The third-order valence-corrected chi connectivity index (χ3v) is 3.13. The summed E-state index contributed by atoms with van der Waals surface area (Å²) < 4.78 is 0. The lowest BCUT2D eigenvalue weighted by molar-refractivity contribution is -0.169. The first-order valence-corrected chi connectivity index (χ1v) is 5.88. The van der Waals surface area contributed by atoms with Gasteiger partial charge in [-0.1, -0.05) is 30.3 Å². The summed E-state index contributed by atoms with van der Waals surface area (Å²) in [5.41, 5.74) is -0.307. The Morgan fingerprint density at radius 3 is 2.50 bits per heavy atom. The van der Waals surface area contributed by atoms with Crippen molar-refractivity contribution in [3.8, 4) is 0 Å². The molecule has 1 amide bonds. The quantitative estimate of drug-likeness (QED) is 0.651. The van der Waals surface area contributed by atoms with E-state index in [1.54, 1.807) is 0 Å². The maximum Gasteiger partial charge on any atom is 0.251 e. The second-order valence-electron chi connectivity index (χ2n) is 4.78. The number of hydrogen-bond acceptors (Lipinski definition) is 4. The van der Waals surface area contributed by atoms with Crippen molar-refractivity contribution < 1.29 is 20.1 Å². The minimum Gasteiger partial charge on any atom is -0.393 e. The Morgan fingerprint density at radius 2 is 1.94 bits per heavy atom. The molecule has 1 aliphatic heterocycles. The number of likely N-dealkylation sites (tertiary alicyclic amines) is 1. The zero-order chi connectivity index (χ0) is 13.2. The van der Waals surface area contributed by atoms with Crippen molar-refractivity contribution in [3.63, 3.8) is 0 Å². The lowest BCUT2D eigenvalue weighted by Crippen LogP contribution is -2.66. The second kappa shape index (κ2) is 5.06. The molecule has 5 nitrogen and oxygen atoms in total. The highest BCUT2D eigenvalue weighted by atomic mass is 16.3. The molecule has 0 bridgehead atoms. The van der Waals surface area contributed by atoms with Gasteiger partial charge in [0.25, 0.3) is 5.91 Å². The largest absolute Gasteiger partial charge is 0.393 e. The smallest absolute Gasteiger partial charge is 0.251 e. The fourth-order valence-electron chi connectivity index (χ4n) is 2.06. The average Bonchev–Trinajstić information content (AvgIpc) is 2.35. The number of carbonyl (C=O) groups excluding carboxylic acids is 1. The van der Waals surface area contributed by atoms with E-state index >= 15 is 0 Å². The molecule has 0 radical (unpaired) electrons. The van der Waals surface area contributed by atoms with Gasteiger partial charge in [0.15, 0.2) is 0 Å². The molecular formula is C13H17NO4. The fourth-order valence-corrected chi connectivity index (χ4v) is 2.06. The Bertz CT molecular complexity index is 414. The van der Waals surface area contributed by atoms with Crippen molar-refractivity contribution in [2.24, 2.45) is 0 Å². The molecule has 0 spiro atoms. The third-order valence-electron chi connectivity index (χ3n) is 3.13. The summed E-state index contributed by atoms with van der Waals surface area (Å²) >= 11 is 0. The summed E-state index contributed by atoms with van der Waals surface area (Å²) in [6.07, 6.45) is -0.844.